The quantitative estimate of drug-likeness (QED) is 0.553. The van der Waals surface area contributed by atoms with Gasteiger partial charge in [0.15, 0.2) is 5.54 Å². The average Bonchev–Trinajstić information content (AvgIpc) is 2.56. The summed E-state index contributed by atoms with van der Waals surface area (Å²) in [7, 11) is 1.27. The largest absolute Gasteiger partial charge is 0.411 e. The van der Waals surface area contributed by atoms with Crippen molar-refractivity contribution in [2.75, 3.05) is 23.9 Å². The Bertz CT molecular complexity index is 537. The van der Waals surface area contributed by atoms with Crippen LogP contribution in [0.2, 0.25) is 0 Å². The molecule has 1 aromatic carbocycles. The summed E-state index contributed by atoms with van der Waals surface area (Å²) in [6, 6.07) is 5.69. The Morgan fingerprint density at radius 1 is 1.33 bits per heavy atom. The Balaban J connectivity index is 2.55. The number of halogens is 6. The average molecular weight is 390 g/mol. The molecule has 0 spiro atoms. The minimum Gasteiger partial charge on any atom is -0.300 e. The second-order valence-corrected chi connectivity index (χ2v) is 6.62. The predicted octanol–water partition coefficient (Wildman–Crippen LogP) is 4.19. The van der Waals surface area contributed by atoms with Gasteiger partial charge in [-0.1, -0.05) is 28.1 Å². The zero-order chi connectivity index (χ0) is 16.1. The van der Waals surface area contributed by atoms with E-state index in [4.69, 9.17) is 11.6 Å². The molecule has 0 radical (unpaired) electrons. The summed E-state index contributed by atoms with van der Waals surface area (Å²) in [6.45, 7) is 1.16. The van der Waals surface area contributed by atoms with Crippen LogP contribution in [0, 0.1) is 5.82 Å². The predicted molar refractivity (Wildman–Crippen MR) is 78.3 cm³/mol. The molecule has 0 amide bonds. The second kappa shape index (κ2) is 5.28. The highest BCUT2D eigenvalue weighted by Gasteiger charge is 2.71. The van der Waals surface area contributed by atoms with Crippen LogP contribution >= 0.6 is 27.5 Å². The molecule has 0 N–H and O–H groups in total. The zero-order valence-corrected chi connectivity index (χ0v) is 13.7. The van der Waals surface area contributed by atoms with E-state index in [0.29, 0.717) is 0 Å². The van der Waals surface area contributed by atoms with Crippen LogP contribution in [-0.4, -0.2) is 40.5 Å². The van der Waals surface area contributed by atoms with E-state index in [-0.39, 0.29) is 12.2 Å². The lowest BCUT2D eigenvalue weighted by Crippen LogP contribution is -2.65. The van der Waals surface area contributed by atoms with Crippen molar-refractivity contribution in [3.8, 4) is 0 Å². The first-order valence-corrected chi connectivity index (χ1v) is 7.66. The van der Waals surface area contributed by atoms with E-state index in [1.54, 1.807) is 6.07 Å². The molecule has 0 aliphatic carbocycles. The maximum Gasteiger partial charge on any atom is 0.411 e. The summed E-state index contributed by atoms with van der Waals surface area (Å²) < 4.78 is 54.9. The second-order valence-electron chi connectivity index (χ2n) is 5.22. The minimum absolute atomic E-state index is 0.0685. The Morgan fingerprint density at radius 2 is 1.90 bits per heavy atom. The van der Waals surface area contributed by atoms with Crippen LogP contribution in [0.5, 0.6) is 0 Å². The van der Waals surface area contributed by atoms with Gasteiger partial charge in [-0.25, -0.2) is 9.40 Å². The highest BCUT2D eigenvalue weighted by Crippen LogP contribution is 2.53. The summed E-state index contributed by atoms with van der Waals surface area (Å²) >= 11 is 9.15. The third kappa shape index (κ3) is 2.33. The number of hydrogen-bond acceptors (Lipinski definition) is 2. The number of hydrogen-bond donors (Lipinski definition) is 0. The highest BCUT2D eigenvalue weighted by molar-refractivity contribution is 9.09. The number of alkyl halides is 5. The van der Waals surface area contributed by atoms with E-state index in [0.717, 1.165) is 5.01 Å². The molecular formula is C13H14BrClF4N2. The molecule has 1 aliphatic rings. The molecule has 1 heterocycles. The summed E-state index contributed by atoms with van der Waals surface area (Å²) in [5, 5.41) is 1.80. The summed E-state index contributed by atoms with van der Waals surface area (Å²) in [5.74, 6) is -0.593. The van der Waals surface area contributed by atoms with Crippen molar-refractivity contribution in [2.45, 2.75) is 23.5 Å². The number of rotatable bonds is 2. The molecule has 1 aromatic rings. The van der Waals surface area contributed by atoms with Gasteiger partial charge in [0.1, 0.15) is 5.82 Å². The maximum absolute atomic E-state index is 13.9. The molecular weight excluding hydrogens is 376 g/mol. The normalized spacial score (nSPS) is 31.0. The number of para-hydroxylation sites is 1. The van der Waals surface area contributed by atoms with Crippen molar-refractivity contribution in [3.63, 3.8) is 0 Å². The SMILES string of the molecule is CN1N(c2ccccc2F)CC(C)(Cl)C1(CBr)C(F)(F)F. The van der Waals surface area contributed by atoms with Gasteiger partial charge in [-0.15, -0.1) is 11.6 Å². The summed E-state index contributed by atoms with van der Waals surface area (Å²) in [5.41, 5.74) is -2.26. The van der Waals surface area contributed by atoms with E-state index in [1.807, 2.05) is 0 Å². The molecule has 21 heavy (non-hydrogen) atoms. The number of anilines is 1. The zero-order valence-electron chi connectivity index (χ0n) is 11.4. The Labute approximate surface area is 133 Å². The fourth-order valence-electron chi connectivity index (χ4n) is 2.75. The van der Waals surface area contributed by atoms with Crippen molar-refractivity contribution < 1.29 is 17.6 Å². The standard InChI is InChI=1S/C13H14BrClF4N2/c1-11(15)8-21(10-6-4-3-5-9(10)16)20(2)12(11,7-14)13(17,18)19/h3-6H,7-8H2,1-2H3. The highest BCUT2D eigenvalue weighted by atomic mass is 79.9. The van der Waals surface area contributed by atoms with Gasteiger partial charge in [0, 0.05) is 12.4 Å². The molecule has 2 atom stereocenters. The van der Waals surface area contributed by atoms with Crippen molar-refractivity contribution in [2.24, 2.45) is 0 Å². The molecule has 0 saturated carbocycles. The summed E-state index contributed by atoms with van der Waals surface area (Å²) in [4.78, 5) is -1.63. The Hall–Kier alpha value is -0.530. The molecule has 8 heteroatoms. The molecule has 0 bridgehead atoms. The van der Waals surface area contributed by atoms with Gasteiger partial charge in [-0.2, -0.15) is 13.2 Å². The first-order chi connectivity index (χ1) is 9.58. The molecule has 0 aromatic heterocycles. The number of hydrazine groups is 1. The van der Waals surface area contributed by atoms with Crippen LogP contribution in [0.3, 0.4) is 0 Å². The summed E-state index contributed by atoms with van der Waals surface area (Å²) in [6.07, 6.45) is -4.58. The van der Waals surface area contributed by atoms with Crippen molar-refractivity contribution >= 4 is 33.2 Å². The fraction of sp³-hybridized carbons (Fsp3) is 0.538. The van der Waals surface area contributed by atoms with E-state index < -0.39 is 27.7 Å². The van der Waals surface area contributed by atoms with E-state index >= 15 is 0 Å². The minimum atomic E-state index is -4.58. The lowest BCUT2D eigenvalue weighted by atomic mass is 9.87. The molecule has 2 nitrogen and oxygen atoms in total. The third-order valence-corrected chi connectivity index (χ3v) is 5.26. The van der Waals surface area contributed by atoms with Crippen molar-refractivity contribution in [1.82, 2.24) is 5.01 Å². The lowest BCUT2D eigenvalue weighted by molar-refractivity contribution is -0.218. The van der Waals surface area contributed by atoms with Crippen LogP contribution in [0.25, 0.3) is 0 Å². The van der Waals surface area contributed by atoms with Crippen molar-refractivity contribution in [3.05, 3.63) is 30.1 Å². The van der Waals surface area contributed by atoms with Gasteiger partial charge in [-0.05, 0) is 19.1 Å². The monoisotopic (exact) mass is 388 g/mol. The maximum atomic E-state index is 13.9. The van der Waals surface area contributed by atoms with Gasteiger partial charge in [0.25, 0.3) is 0 Å². The molecule has 2 unspecified atom stereocenters. The first kappa shape index (κ1) is 16.8. The smallest absolute Gasteiger partial charge is 0.300 e. The van der Waals surface area contributed by atoms with Gasteiger partial charge < -0.3 is 5.01 Å². The number of nitrogens with zero attached hydrogens (tertiary/aromatic N) is 2. The number of benzene rings is 1. The van der Waals surface area contributed by atoms with Crippen LogP contribution < -0.4 is 5.01 Å². The Kier molecular flexibility index (Phi) is 4.23. The molecule has 2 rings (SSSR count). The van der Waals surface area contributed by atoms with Gasteiger partial charge in [0.05, 0.1) is 17.1 Å². The fourth-order valence-corrected chi connectivity index (χ4v) is 4.62. The van der Waals surface area contributed by atoms with Crippen LogP contribution in [-0.2, 0) is 0 Å². The van der Waals surface area contributed by atoms with E-state index in [1.165, 1.54) is 37.2 Å². The van der Waals surface area contributed by atoms with Crippen LogP contribution in [0.4, 0.5) is 23.2 Å². The van der Waals surface area contributed by atoms with Crippen molar-refractivity contribution in [1.29, 1.82) is 0 Å². The topological polar surface area (TPSA) is 6.48 Å². The lowest BCUT2D eigenvalue weighted by Gasteiger charge is -2.43. The van der Waals surface area contributed by atoms with Gasteiger partial charge in [0.2, 0.25) is 0 Å². The molecule has 118 valence electrons. The molecule has 1 fully saturated rings. The molecule has 1 saturated heterocycles. The Morgan fingerprint density at radius 3 is 2.33 bits per heavy atom. The van der Waals surface area contributed by atoms with Crippen LogP contribution in [0.1, 0.15) is 6.92 Å². The van der Waals surface area contributed by atoms with E-state index in [9.17, 15) is 17.6 Å². The first-order valence-electron chi connectivity index (χ1n) is 6.16. The van der Waals surface area contributed by atoms with Gasteiger partial charge >= 0.3 is 6.18 Å². The van der Waals surface area contributed by atoms with E-state index in [2.05, 4.69) is 15.9 Å². The van der Waals surface area contributed by atoms with Gasteiger partial charge in [-0.3, -0.25) is 0 Å². The van der Waals surface area contributed by atoms with Crippen LogP contribution in [0.15, 0.2) is 24.3 Å². The third-order valence-electron chi connectivity index (χ3n) is 4.02. The molecule has 1 aliphatic heterocycles.